The average molecular weight is 385 g/mol. The number of aromatic hydroxyl groups is 1. The summed E-state index contributed by atoms with van der Waals surface area (Å²) in [6.07, 6.45) is 3.87. The first-order valence-corrected chi connectivity index (χ1v) is 10.1. The quantitative estimate of drug-likeness (QED) is 0.600. The number of amidine groups is 1. The molecule has 0 radical (unpaired) electrons. The van der Waals surface area contributed by atoms with Crippen molar-refractivity contribution in [2.24, 2.45) is 4.99 Å². The van der Waals surface area contributed by atoms with Crippen molar-refractivity contribution in [3.05, 3.63) is 58.0 Å². The molecule has 0 aliphatic carbocycles. The Labute approximate surface area is 162 Å². The third-order valence-corrected chi connectivity index (χ3v) is 5.88. The molecule has 1 saturated heterocycles. The molecule has 1 amide bonds. The summed E-state index contributed by atoms with van der Waals surface area (Å²) >= 11 is 3.02. The van der Waals surface area contributed by atoms with E-state index in [9.17, 15) is 9.90 Å². The molecule has 1 aliphatic rings. The van der Waals surface area contributed by atoms with E-state index in [1.54, 1.807) is 23.7 Å². The molecule has 1 N–H and O–H groups in total. The Hall–Kier alpha value is -2.18. The van der Waals surface area contributed by atoms with Crippen LogP contribution in [0.2, 0.25) is 0 Å². The molecule has 1 heterocycles. The fourth-order valence-corrected chi connectivity index (χ4v) is 4.11. The van der Waals surface area contributed by atoms with E-state index in [4.69, 9.17) is 0 Å². The van der Waals surface area contributed by atoms with Crippen molar-refractivity contribution in [3.8, 4) is 5.75 Å². The smallest absolute Gasteiger partial charge is 0.266 e. The molecule has 0 bridgehead atoms. The molecule has 6 heteroatoms. The number of aliphatic imine (C=N–C) groups is 1. The number of amides is 1. The molecule has 3 rings (SSSR count). The lowest BCUT2D eigenvalue weighted by Gasteiger charge is -2.07. The van der Waals surface area contributed by atoms with E-state index in [1.165, 1.54) is 11.8 Å². The van der Waals surface area contributed by atoms with Gasteiger partial charge in [0.25, 0.3) is 5.91 Å². The standard InChI is InChI=1S/C20H20N2O2S2/c1-12-8-14(9-13(2)18(12)23)10-17-19(24)22(3)20(26-17)21-15-6-5-7-16(11-15)25-4/h5-11,23H,1-4H3/b17-10+,21-20?. The Kier molecular flexibility index (Phi) is 5.44. The van der Waals surface area contributed by atoms with Gasteiger partial charge >= 0.3 is 0 Å². The van der Waals surface area contributed by atoms with E-state index >= 15 is 0 Å². The van der Waals surface area contributed by atoms with E-state index in [2.05, 4.69) is 4.99 Å². The molecule has 1 aliphatic heterocycles. The predicted molar refractivity (Wildman–Crippen MR) is 111 cm³/mol. The van der Waals surface area contributed by atoms with Gasteiger partial charge in [-0.25, -0.2) is 4.99 Å². The molecule has 2 aromatic carbocycles. The van der Waals surface area contributed by atoms with Gasteiger partial charge in [0.2, 0.25) is 0 Å². The fraction of sp³-hybridized carbons (Fsp3) is 0.200. The summed E-state index contributed by atoms with van der Waals surface area (Å²) in [5, 5.41) is 10.6. The van der Waals surface area contributed by atoms with Crippen LogP contribution in [0.25, 0.3) is 6.08 Å². The molecule has 1 fully saturated rings. The Morgan fingerprint density at radius 3 is 2.54 bits per heavy atom. The van der Waals surface area contributed by atoms with Gasteiger partial charge in [0.15, 0.2) is 5.17 Å². The molecule has 0 spiro atoms. The zero-order valence-corrected chi connectivity index (χ0v) is 16.7. The largest absolute Gasteiger partial charge is 0.507 e. The van der Waals surface area contributed by atoms with Crippen molar-refractivity contribution in [1.29, 1.82) is 0 Å². The van der Waals surface area contributed by atoms with Crippen LogP contribution in [0.1, 0.15) is 16.7 Å². The van der Waals surface area contributed by atoms with Crippen LogP contribution in [0.4, 0.5) is 5.69 Å². The number of phenolic OH excluding ortho intramolecular Hbond substituents is 1. The highest BCUT2D eigenvalue weighted by Gasteiger charge is 2.30. The maximum Gasteiger partial charge on any atom is 0.266 e. The molecule has 0 atom stereocenters. The van der Waals surface area contributed by atoms with Crippen LogP contribution in [0.15, 0.2) is 51.2 Å². The number of rotatable bonds is 3. The Bertz CT molecular complexity index is 912. The molecule has 134 valence electrons. The van der Waals surface area contributed by atoms with E-state index in [-0.39, 0.29) is 5.91 Å². The number of hydrogen-bond acceptors (Lipinski definition) is 5. The molecule has 0 aromatic heterocycles. The van der Waals surface area contributed by atoms with Gasteiger partial charge in [-0.3, -0.25) is 9.69 Å². The maximum absolute atomic E-state index is 12.6. The van der Waals surface area contributed by atoms with Gasteiger partial charge in [0.1, 0.15) is 5.75 Å². The summed E-state index contributed by atoms with van der Waals surface area (Å²) in [5.41, 5.74) is 3.32. The maximum atomic E-state index is 12.6. The lowest BCUT2D eigenvalue weighted by atomic mass is 10.1. The minimum atomic E-state index is -0.0712. The first-order chi connectivity index (χ1) is 12.4. The second-order valence-corrected chi connectivity index (χ2v) is 7.96. The van der Waals surface area contributed by atoms with Crippen molar-refractivity contribution in [3.63, 3.8) is 0 Å². The zero-order chi connectivity index (χ0) is 18.8. The molecule has 4 nitrogen and oxygen atoms in total. The summed E-state index contributed by atoms with van der Waals surface area (Å²) < 4.78 is 0. The third-order valence-electron chi connectivity index (χ3n) is 4.09. The van der Waals surface area contributed by atoms with Gasteiger partial charge in [-0.1, -0.05) is 6.07 Å². The van der Waals surface area contributed by atoms with Crippen molar-refractivity contribution in [1.82, 2.24) is 4.90 Å². The minimum Gasteiger partial charge on any atom is -0.507 e. The number of carbonyl (C=O) groups excluding carboxylic acids is 1. The fourth-order valence-electron chi connectivity index (χ4n) is 2.67. The number of likely N-dealkylation sites (N-methyl/N-ethyl adjacent to an activating group) is 1. The normalized spacial score (nSPS) is 17.5. The minimum absolute atomic E-state index is 0.0712. The second kappa shape index (κ2) is 7.60. The molecular formula is C20H20N2O2S2. The van der Waals surface area contributed by atoms with Gasteiger partial charge < -0.3 is 5.11 Å². The highest BCUT2D eigenvalue weighted by Crippen LogP contribution is 2.34. The highest BCUT2D eigenvalue weighted by atomic mass is 32.2. The van der Waals surface area contributed by atoms with Gasteiger partial charge in [0.05, 0.1) is 10.6 Å². The summed E-state index contributed by atoms with van der Waals surface area (Å²) in [7, 11) is 1.74. The van der Waals surface area contributed by atoms with Crippen LogP contribution in [0, 0.1) is 13.8 Å². The van der Waals surface area contributed by atoms with Crippen LogP contribution < -0.4 is 0 Å². The number of phenols is 1. The van der Waals surface area contributed by atoms with Crippen LogP contribution in [-0.2, 0) is 4.79 Å². The topological polar surface area (TPSA) is 52.9 Å². The molecular weight excluding hydrogens is 364 g/mol. The van der Waals surface area contributed by atoms with E-state index < -0.39 is 0 Å². The average Bonchev–Trinajstić information content (AvgIpc) is 2.87. The van der Waals surface area contributed by atoms with Gasteiger partial charge in [0, 0.05) is 11.9 Å². The van der Waals surface area contributed by atoms with E-state index in [0.717, 1.165) is 27.3 Å². The van der Waals surface area contributed by atoms with Crippen molar-refractivity contribution in [2.45, 2.75) is 18.7 Å². The number of carbonyl (C=O) groups is 1. The van der Waals surface area contributed by atoms with Crippen molar-refractivity contribution in [2.75, 3.05) is 13.3 Å². The lowest BCUT2D eigenvalue weighted by molar-refractivity contribution is -0.121. The number of hydrogen-bond donors (Lipinski definition) is 1. The summed E-state index contributed by atoms with van der Waals surface area (Å²) in [6, 6.07) is 11.7. The van der Waals surface area contributed by atoms with Gasteiger partial charge in [-0.05, 0) is 85.0 Å². The van der Waals surface area contributed by atoms with E-state index in [1.807, 2.05) is 62.6 Å². The van der Waals surface area contributed by atoms with Crippen molar-refractivity contribution >= 4 is 46.4 Å². The van der Waals surface area contributed by atoms with Crippen molar-refractivity contribution < 1.29 is 9.90 Å². The predicted octanol–water partition coefficient (Wildman–Crippen LogP) is 4.96. The third kappa shape index (κ3) is 3.81. The summed E-state index contributed by atoms with van der Waals surface area (Å²) in [5.74, 6) is 0.226. The first-order valence-electron chi connectivity index (χ1n) is 8.09. The van der Waals surface area contributed by atoms with E-state index in [0.29, 0.717) is 15.8 Å². The Balaban J connectivity index is 1.92. The molecule has 0 saturated carbocycles. The highest BCUT2D eigenvalue weighted by molar-refractivity contribution is 8.18. The molecule has 2 aromatic rings. The monoisotopic (exact) mass is 384 g/mol. The van der Waals surface area contributed by atoms with Crippen LogP contribution in [-0.4, -0.2) is 34.4 Å². The summed E-state index contributed by atoms with van der Waals surface area (Å²) in [4.78, 5) is 20.5. The number of aryl methyl sites for hydroxylation is 2. The van der Waals surface area contributed by atoms with Crippen LogP contribution in [0.5, 0.6) is 5.75 Å². The number of thioether (sulfide) groups is 2. The SMILES string of the molecule is CSc1cccc(N=C2S/C(=C/c3cc(C)c(O)c(C)c3)C(=O)N2C)c1. The Morgan fingerprint density at radius 2 is 1.88 bits per heavy atom. The molecule has 26 heavy (non-hydrogen) atoms. The number of benzene rings is 2. The lowest BCUT2D eigenvalue weighted by Crippen LogP contribution is -2.23. The van der Waals surface area contributed by atoms with Crippen LogP contribution in [0.3, 0.4) is 0 Å². The first kappa shape index (κ1) is 18.6. The summed E-state index contributed by atoms with van der Waals surface area (Å²) in [6.45, 7) is 3.71. The number of nitrogens with zero attached hydrogens (tertiary/aromatic N) is 2. The van der Waals surface area contributed by atoms with Crippen LogP contribution >= 0.6 is 23.5 Å². The van der Waals surface area contributed by atoms with Gasteiger partial charge in [-0.15, -0.1) is 11.8 Å². The second-order valence-electron chi connectivity index (χ2n) is 6.07. The zero-order valence-electron chi connectivity index (χ0n) is 15.1. The Morgan fingerprint density at radius 1 is 1.19 bits per heavy atom. The van der Waals surface area contributed by atoms with Gasteiger partial charge in [-0.2, -0.15) is 0 Å². The molecule has 0 unspecified atom stereocenters.